The van der Waals surface area contributed by atoms with Crippen LogP contribution in [0.15, 0.2) is 29.4 Å². The minimum Gasteiger partial charge on any atom is -0.378 e. The number of hydrogen-bond donors (Lipinski definition) is 1. The molecule has 8 nitrogen and oxygen atoms in total. The fourth-order valence-electron chi connectivity index (χ4n) is 5.44. The normalized spacial score (nSPS) is 29.1. The minimum atomic E-state index is -2.57. The number of halogens is 3. The number of benzene rings is 1. The predicted molar refractivity (Wildman–Crippen MR) is 127 cm³/mol. The lowest BCUT2D eigenvalue weighted by Gasteiger charge is -2.41. The monoisotopic (exact) mass is 506 g/mol. The van der Waals surface area contributed by atoms with Crippen LogP contribution in [0.4, 0.5) is 8.78 Å². The Bertz CT molecular complexity index is 1160. The first-order valence-electron chi connectivity index (χ1n) is 11.9. The third-order valence-corrected chi connectivity index (χ3v) is 7.62. The van der Waals surface area contributed by atoms with E-state index < -0.39 is 11.5 Å². The molecule has 11 heteroatoms. The number of alkyl halides is 2. The van der Waals surface area contributed by atoms with E-state index in [4.69, 9.17) is 27.1 Å². The molecule has 188 valence electrons. The van der Waals surface area contributed by atoms with E-state index in [1.54, 1.807) is 15.8 Å². The van der Waals surface area contributed by atoms with Gasteiger partial charge in [-0.2, -0.15) is 0 Å². The molecule has 1 saturated carbocycles. The maximum absolute atomic E-state index is 13.3. The van der Waals surface area contributed by atoms with Crippen molar-refractivity contribution in [3.63, 3.8) is 0 Å². The molecular weight excluding hydrogens is 478 g/mol. The summed E-state index contributed by atoms with van der Waals surface area (Å²) in [4.78, 5) is 19.6. The zero-order chi connectivity index (χ0) is 25.0. The standard InChI is InChI=1S/C24H29ClF2N6O2/c1-14-8-16(6-7-35-14)33-20(34)11-23(2,29-22(33)28)18-5-3-4-17(21(18)25)19-13-32(31-30-19)12-15-9-24(26,27)10-15/h3-5,13-16H,6-12H2,1-2H3,(H2,28,29)/t14-,16-,23-/m0/s1. The van der Waals surface area contributed by atoms with Gasteiger partial charge < -0.3 is 10.5 Å². The Hall–Kier alpha value is -2.59. The zero-order valence-corrected chi connectivity index (χ0v) is 20.5. The molecule has 2 N–H and O–H groups in total. The molecule has 0 spiro atoms. The fourth-order valence-corrected chi connectivity index (χ4v) is 5.87. The number of guanidine groups is 1. The molecule has 1 saturated heterocycles. The second-order valence-corrected chi connectivity index (χ2v) is 10.5. The van der Waals surface area contributed by atoms with Crippen LogP contribution in [-0.2, 0) is 21.6 Å². The molecule has 1 aromatic carbocycles. The number of carbonyl (C=O) groups excluding carboxylic acids is 1. The van der Waals surface area contributed by atoms with Gasteiger partial charge in [0.15, 0.2) is 5.96 Å². The lowest BCUT2D eigenvalue weighted by molar-refractivity contribution is -0.133. The largest absolute Gasteiger partial charge is 0.378 e. The van der Waals surface area contributed by atoms with Crippen LogP contribution in [-0.4, -0.2) is 56.4 Å². The highest BCUT2D eigenvalue weighted by molar-refractivity contribution is 6.34. The van der Waals surface area contributed by atoms with E-state index in [0.717, 1.165) is 0 Å². The van der Waals surface area contributed by atoms with Crippen molar-refractivity contribution in [3.8, 4) is 11.3 Å². The Kier molecular flexibility index (Phi) is 6.07. The van der Waals surface area contributed by atoms with Crippen LogP contribution < -0.4 is 5.73 Å². The van der Waals surface area contributed by atoms with Crippen LogP contribution in [0.3, 0.4) is 0 Å². The molecule has 2 fully saturated rings. The minimum absolute atomic E-state index is 0.0352. The van der Waals surface area contributed by atoms with E-state index in [9.17, 15) is 13.6 Å². The summed E-state index contributed by atoms with van der Waals surface area (Å²) in [6, 6.07) is 5.44. The molecule has 35 heavy (non-hydrogen) atoms. The number of rotatable bonds is 5. The van der Waals surface area contributed by atoms with Crippen LogP contribution in [0.25, 0.3) is 11.3 Å². The van der Waals surface area contributed by atoms with Gasteiger partial charge in [-0.3, -0.25) is 14.4 Å². The van der Waals surface area contributed by atoms with Crippen LogP contribution in [0.2, 0.25) is 5.02 Å². The van der Waals surface area contributed by atoms with Crippen molar-refractivity contribution in [2.45, 2.75) is 76.1 Å². The number of amides is 1. The number of nitrogens with zero attached hydrogens (tertiary/aromatic N) is 5. The number of aromatic nitrogens is 3. The molecule has 3 heterocycles. The SMILES string of the molecule is C[C@H]1C[C@@H](N2C(=O)C[C@@](C)(c3cccc(-c4cn(CC5CC(F)(F)C5)nn4)c3Cl)N=C2N)CCO1. The fraction of sp³-hybridized carbons (Fsp3) is 0.583. The maximum atomic E-state index is 13.3. The number of nitrogens with two attached hydrogens (primary N) is 1. The third-order valence-electron chi connectivity index (χ3n) is 7.21. The molecule has 2 aromatic rings. The summed E-state index contributed by atoms with van der Waals surface area (Å²) in [7, 11) is 0. The summed E-state index contributed by atoms with van der Waals surface area (Å²) in [6.45, 7) is 4.80. The molecule has 1 amide bonds. The number of carbonyl (C=O) groups is 1. The Morgan fingerprint density at radius 1 is 1.31 bits per heavy atom. The highest BCUT2D eigenvalue weighted by atomic mass is 35.5. The molecule has 2 aliphatic heterocycles. The van der Waals surface area contributed by atoms with Crippen LogP contribution in [0.5, 0.6) is 0 Å². The summed E-state index contributed by atoms with van der Waals surface area (Å²) < 4.78 is 33.5. The third kappa shape index (κ3) is 4.65. The van der Waals surface area contributed by atoms with E-state index in [1.165, 1.54) is 0 Å². The first-order chi connectivity index (χ1) is 16.5. The summed E-state index contributed by atoms with van der Waals surface area (Å²) >= 11 is 6.83. The van der Waals surface area contributed by atoms with E-state index in [0.29, 0.717) is 47.8 Å². The average Bonchev–Trinajstić information content (AvgIpc) is 3.20. The molecule has 0 radical (unpaired) electrons. The second-order valence-electron chi connectivity index (χ2n) is 10.2. The van der Waals surface area contributed by atoms with E-state index in [2.05, 4.69) is 10.3 Å². The average molecular weight is 507 g/mol. The summed E-state index contributed by atoms with van der Waals surface area (Å²) in [6.07, 6.45) is 3.06. The van der Waals surface area contributed by atoms with Gasteiger partial charge in [0, 0.05) is 37.6 Å². The molecule has 1 aromatic heterocycles. The van der Waals surface area contributed by atoms with Gasteiger partial charge in [0.2, 0.25) is 11.8 Å². The van der Waals surface area contributed by atoms with Gasteiger partial charge in [0.05, 0.1) is 29.3 Å². The van der Waals surface area contributed by atoms with Gasteiger partial charge in [-0.1, -0.05) is 35.0 Å². The van der Waals surface area contributed by atoms with Crippen LogP contribution in [0.1, 0.15) is 51.5 Å². The second kappa shape index (κ2) is 8.81. The van der Waals surface area contributed by atoms with E-state index in [1.807, 2.05) is 32.0 Å². The molecule has 0 bridgehead atoms. The van der Waals surface area contributed by atoms with E-state index in [-0.39, 0.29) is 49.2 Å². The van der Waals surface area contributed by atoms with Crippen LogP contribution >= 0.6 is 11.6 Å². The van der Waals surface area contributed by atoms with Crippen molar-refractivity contribution in [2.75, 3.05) is 6.61 Å². The van der Waals surface area contributed by atoms with Gasteiger partial charge in [0.1, 0.15) is 5.69 Å². The Labute approximate surface area is 207 Å². The highest BCUT2D eigenvalue weighted by Gasteiger charge is 2.45. The Balaban J connectivity index is 1.39. The number of ether oxygens (including phenoxy) is 1. The lowest BCUT2D eigenvalue weighted by atomic mass is 9.81. The molecule has 3 aliphatic rings. The smallest absolute Gasteiger partial charge is 0.248 e. The van der Waals surface area contributed by atoms with Gasteiger partial charge in [-0.05, 0) is 38.2 Å². The quantitative estimate of drug-likeness (QED) is 0.661. The first kappa shape index (κ1) is 24.1. The van der Waals surface area contributed by atoms with Crippen molar-refractivity contribution >= 4 is 23.5 Å². The number of hydrogen-bond acceptors (Lipinski definition) is 6. The molecule has 0 unspecified atom stereocenters. The molecular formula is C24H29ClF2N6O2. The van der Waals surface area contributed by atoms with Gasteiger partial charge in [0.25, 0.3) is 0 Å². The Morgan fingerprint density at radius 2 is 2.09 bits per heavy atom. The highest BCUT2D eigenvalue weighted by Crippen LogP contribution is 2.44. The molecule has 5 rings (SSSR count). The van der Waals surface area contributed by atoms with Crippen molar-refractivity contribution < 1.29 is 18.3 Å². The maximum Gasteiger partial charge on any atom is 0.248 e. The molecule has 3 atom stereocenters. The van der Waals surface area contributed by atoms with Crippen molar-refractivity contribution in [3.05, 3.63) is 35.0 Å². The van der Waals surface area contributed by atoms with Gasteiger partial charge in [-0.15, -0.1) is 5.10 Å². The van der Waals surface area contributed by atoms with Crippen molar-refractivity contribution in [1.29, 1.82) is 0 Å². The predicted octanol–water partition coefficient (Wildman–Crippen LogP) is 3.97. The Morgan fingerprint density at radius 3 is 2.77 bits per heavy atom. The van der Waals surface area contributed by atoms with Gasteiger partial charge in [-0.25, -0.2) is 13.8 Å². The first-order valence-corrected chi connectivity index (χ1v) is 12.3. The topological polar surface area (TPSA) is 98.6 Å². The summed E-state index contributed by atoms with van der Waals surface area (Å²) in [5, 5.41) is 8.72. The van der Waals surface area contributed by atoms with E-state index >= 15 is 0 Å². The number of aliphatic imine (C=N–C) groups is 1. The van der Waals surface area contributed by atoms with Crippen LogP contribution in [0, 0.1) is 5.92 Å². The molecule has 1 aliphatic carbocycles. The van der Waals surface area contributed by atoms with Crippen molar-refractivity contribution in [2.24, 2.45) is 16.6 Å². The lowest BCUT2D eigenvalue weighted by Crippen LogP contribution is -2.56. The van der Waals surface area contributed by atoms with Crippen molar-refractivity contribution in [1.82, 2.24) is 19.9 Å². The summed E-state index contributed by atoms with van der Waals surface area (Å²) in [5.74, 6) is -2.59. The van der Waals surface area contributed by atoms with Gasteiger partial charge >= 0.3 is 0 Å². The summed E-state index contributed by atoms with van der Waals surface area (Å²) in [5.41, 5.74) is 7.24. The zero-order valence-electron chi connectivity index (χ0n) is 19.8.